The highest BCUT2D eigenvalue weighted by Gasteiger charge is 2.16. The van der Waals surface area contributed by atoms with E-state index in [1.54, 1.807) is 14.2 Å². The zero-order valence-electron chi connectivity index (χ0n) is 7.26. The van der Waals surface area contributed by atoms with Crippen molar-refractivity contribution in [3.63, 3.8) is 0 Å². The predicted octanol–water partition coefficient (Wildman–Crippen LogP) is 1.88. The van der Waals surface area contributed by atoms with Gasteiger partial charge in [-0.2, -0.15) is 0 Å². The van der Waals surface area contributed by atoms with E-state index in [0.717, 1.165) is 12.2 Å². The third kappa shape index (κ3) is 1.84. The third-order valence-corrected chi connectivity index (χ3v) is 1.88. The van der Waals surface area contributed by atoms with Crippen LogP contribution >= 0.6 is 0 Å². The molecular weight excluding hydrogens is 140 g/mol. The molecule has 0 radical (unpaired) electrons. The first-order valence-electron chi connectivity index (χ1n) is 3.72. The molecule has 2 nitrogen and oxygen atoms in total. The lowest BCUT2D eigenvalue weighted by Crippen LogP contribution is -2.17. The molecule has 0 bridgehead atoms. The lowest BCUT2D eigenvalue weighted by atomic mass is 10.0. The topological polar surface area (TPSA) is 18.5 Å². The second-order valence-corrected chi connectivity index (χ2v) is 2.71. The molecule has 11 heavy (non-hydrogen) atoms. The molecule has 0 saturated carbocycles. The van der Waals surface area contributed by atoms with Crippen LogP contribution in [-0.4, -0.2) is 20.3 Å². The molecule has 1 unspecified atom stereocenters. The van der Waals surface area contributed by atoms with Crippen LogP contribution in [0.1, 0.15) is 13.3 Å². The first kappa shape index (κ1) is 8.34. The van der Waals surface area contributed by atoms with Crippen molar-refractivity contribution in [1.82, 2.24) is 0 Å². The summed E-state index contributed by atoms with van der Waals surface area (Å²) in [6, 6.07) is 0. The van der Waals surface area contributed by atoms with Gasteiger partial charge in [-0.15, -0.1) is 0 Å². The second kappa shape index (κ2) is 3.58. The van der Waals surface area contributed by atoms with Gasteiger partial charge in [0.1, 0.15) is 11.9 Å². The van der Waals surface area contributed by atoms with Crippen LogP contribution in [0.15, 0.2) is 23.5 Å². The third-order valence-electron chi connectivity index (χ3n) is 1.88. The van der Waals surface area contributed by atoms with Crippen molar-refractivity contribution in [2.75, 3.05) is 14.2 Å². The van der Waals surface area contributed by atoms with E-state index < -0.39 is 0 Å². The lowest BCUT2D eigenvalue weighted by Gasteiger charge is -2.20. The van der Waals surface area contributed by atoms with Crippen molar-refractivity contribution in [2.24, 2.45) is 0 Å². The van der Waals surface area contributed by atoms with Gasteiger partial charge in [-0.3, -0.25) is 0 Å². The molecule has 0 fully saturated rings. The van der Waals surface area contributed by atoms with Crippen molar-refractivity contribution in [3.05, 3.63) is 23.5 Å². The van der Waals surface area contributed by atoms with Gasteiger partial charge in [0.05, 0.1) is 7.11 Å². The van der Waals surface area contributed by atoms with Crippen molar-refractivity contribution < 1.29 is 9.47 Å². The predicted molar refractivity (Wildman–Crippen MR) is 44.3 cm³/mol. The molecule has 0 heterocycles. The Balaban J connectivity index is 2.71. The number of allylic oxidation sites excluding steroid dienone is 2. The summed E-state index contributed by atoms with van der Waals surface area (Å²) in [6.45, 7) is 2.09. The van der Waals surface area contributed by atoms with Gasteiger partial charge in [0.2, 0.25) is 0 Å². The first-order valence-corrected chi connectivity index (χ1v) is 3.72. The summed E-state index contributed by atoms with van der Waals surface area (Å²) in [5, 5.41) is 0. The molecule has 0 aromatic rings. The largest absolute Gasteiger partial charge is 0.498 e. The van der Waals surface area contributed by atoms with E-state index >= 15 is 0 Å². The van der Waals surface area contributed by atoms with Gasteiger partial charge in [-0.25, -0.2) is 0 Å². The van der Waals surface area contributed by atoms with Gasteiger partial charge in [-0.05, 0) is 13.0 Å². The van der Waals surface area contributed by atoms with Gasteiger partial charge < -0.3 is 9.47 Å². The molecule has 0 aliphatic heterocycles. The maximum atomic E-state index is 5.23. The smallest absolute Gasteiger partial charge is 0.125 e. The van der Waals surface area contributed by atoms with E-state index in [4.69, 9.17) is 9.47 Å². The number of methoxy groups -OCH3 is 2. The maximum absolute atomic E-state index is 5.23. The van der Waals surface area contributed by atoms with Crippen LogP contribution in [0, 0.1) is 0 Å². The van der Waals surface area contributed by atoms with Crippen LogP contribution in [0.25, 0.3) is 0 Å². The van der Waals surface area contributed by atoms with E-state index in [2.05, 4.69) is 13.0 Å². The van der Waals surface area contributed by atoms with E-state index in [1.807, 2.05) is 6.08 Å². The minimum atomic E-state index is 0.116. The number of rotatable bonds is 2. The molecule has 0 N–H and O–H groups in total. The molecule has 0 aromatic carbocycles. The van der Waals surface area contributed by atoms with Gasteiger partial charge in [-0.1, -0.05) is 11.6 Å². The first-order chi connectivity index (χ1) is 5.27. The van der Waals surface area contributed by atoms with Crippen molar-refractivity contribution >= 4 is 0 Å². The molecule has 62 valence electrons. The van der Waals surface area contributed by atoms with Gasteiger partial charge >= 0.3 is 0 Å². The standard InChI is InChI=1S/C9H14O2/c1-7-4-5-8(10-2)9(6-7)11-3/h4-5,9H,6H2,1-3H3. The molecular formula is C9H14O2. The van der Waals surface area contributed by atoms with Crippen molar-refractivity contribution in [2.45, 2.75) is 19.4 Å². The number of ether oxygens (including phenoxy) is 2. The summed E-state index contributed by atoms with van der Waals surface area (Å²) in [6.07, 6.45) is 5.09. The normalized spacial score (nSPS) is 24.1. The highest BCUT2D eigenvalue weighted by molar-refractivity contribution is 5.23. The van der Waals surface area contributed by atoms with Crippen LogP contribution < -0.4 is 0 Å². The monoisotopic (exact) mass is 154 g/mol. The summed E-state index contributed by atoms with van der Waals surface area (Å²) < 4.78 is 10.4. The molecule has 1 rings (SSSR count). The van der Waals surface area contributed by atoms with Gasteiger partial charge in [0.15, 0.2) is 0 Å². The Morgan fingerprint density at radius 3 is 2.64 bits per heavy atom. The lowest BCUT2D eigenvalue weighted by molar-refractivity contribution is 0.0774. The summed E-state index contributed by atoms with van der Waals surface area (Å²) in [5.41, 5.74) is 1.33. The zero-order valence-corrected chi connectivity index (χ0v) is 7.26. The fourth-order valence-electron chi connectivity index (χ4n) is 1.19. The number of hydrogen-bond donors (Lipinski definition) is 0. The van der Waals surface area contributed by atoms with Crippen LogP contribution in [0.3, 0.4) is 0 Å². The Morgan fingerprint density at radius 2 is 2.09 bits per heavy atom. The molecule has 1 aliphatic carbocycles. The van der Waals surface area contributed by atoms with Crippen LogP contribution in [0.5, 0.6) is 0 Å². The van der Waals surface area contributed by atoms with Crippen molar-refractivity contribution in [1.29, 1.82) is 0 Å². The maximum Gasteiger partial charge on any atom is 0.125 e. The SMILES string of the molecule is COC1=CC=C(C)CC1OC. The van der Waals surface area contributed by atoms with E-state index in [-0.39, 0.29) is 6.10 Å². The van der Waals surface area contributed by atoms with Crippen LogP contribution in [0.4, 0.5) is 0 Å². The summed E-state index contributed by atoms with van der Waals surface area (Å²) in [4.78, 5) is 0. The summed E-state index contributed by atoms with van der Waals surface area (Å²) in [5.74, 6) is 0.915. The number of hydrogen-bond acceptors (Lipinski definition) is 2. The van der Waals surface area contributed by atoms with Crippen LogP contribution in [-0.2, 0) is 9.47 Å². The van der Waals surface area contributed by atoms with Crippen LogP contribution in [0.2, 0.25) is 0 Å². The fraction of sp³-hybridized carbons (Fsp3) is 0.556. The zero-order chi connectivity index (χ0) is 8.27. The highest BCUT2D eigenvalue weighted by atomic mass is 16.5. The van der Waals surface area contributed by atoms with Gasteiger partial charge in [0.25, 0.3) is 0 Å². The minimum absolute atomic E-state index is 0.116. The molecule has 0 spiro atoms. The average Bonchev–Trinajstić information content (AvgIpc) is 2.04. The van der Waals surface area contributed by atoms with Crippen molar-refractivity contribution in [3.8, 4) is 0 Å². The van der Waals surface area contributed by atoms with E-state index in [1.165, 1.54) is 5.57 Å². The molecule has 0 aromatic heterocycles. The molecule has 0 saturated heterocycles. The highest BCUT2D eigenvalue weighted by Crippen LogP contribution is 2.20. The molecule has 1 aliphatic rings. The minimum Gasteiger partial charge on any atom is -0.498 e. The quantitative estimate of drug-likeness (QED) is 0.604. The van der Waals surface area contributed by atoms with E-state index in [0.29, 0.717) is 0 Å². The Kier molecular flexibility index (Phi) is 2.71. The fourth-order valence-corrected chi connectivity index (χ4v) is 1.19. The van der Waals surface area contributed by atoms with Gasteiger partial charge in [0, 0.05) is 13.5 Å². The Morgan fingerprint density at radius 1 is 1.36 bits per heavy atom. The van der Waals surface area contributed by atoms with E-state index in [9.17, 15) is 0 Å². The Hall–Kier alpha value is -0.760. The Bertz CT molecular complexity index is 192. The summed E-state index contributed by atoms with van der Waals surface area (Å²) in [7, 11) is 3.38. The average molecular weight is 154 g/mol. The Labute approximate surface area is 67.5 Å². The molecule has 1 atom stereocenters. The molecule has 0 amide bonds. The summed E-state index contributed by atoms with van der Waals surface area (Å²) >= 11 is 0. The second-order valence-electron chi connectivity index (χ2n) is 2.71. The molecule has 2 heteroatoms.